The van der Waals surface area contributed by atoms with Crippen LogP contribution in [0.4, 0.5) is 0 Å². The molecule has 0 aromatic carbocycles. The van der Waals surface area contributed by atoms with E-state index in [-0.39, 0.29) is 44.1 Å². The Labute approximate surface area is 214 Å². The third-order valence-corrected chi connectivity index (χ3v) is 4.94. The SMILES string of the molecule is CC(C)CC(NC(=O)C(CCC(=O)O)NC(=O)C(N)CC(N)=O)C(=O)NC(CCCN=C(N)N)C(=O)O. The Morgan fingerprint density at radius 1 is 0.811 bits per heavy atom. The second-order valence-corrected chi connectivity index (χ2v) is 8.81. The lowest BCUT2D eigenvalue weighted by Crippen LogP contribution is -2.57. The summed E-state index contributed by atoms with van der Waals surface area (Å²) in [6.45, 7) is 3.68. The van der Waals surface area contributed by atoms with Crippen molar-refractivity contribution in [3.63, 3.8) is 0 Å². The van der Waals surface area contributed by atoms with E-state index >= 15 is 0 Å². The number of rotatable bonds is 18. The van der Waals surface area contributed by atoms with Gasteiger partial charge in [0.2, 0.25) is 23.6 Å². The summed E-state index contributed by atoms with van der Waals surface area (Å²) in [5, 5.41) is 25.5. The molecule has 0 bridgehead atoms. The van der Waals surface area contributed by atoms with E-state index in [2.05, 4.69) is 20.9 Å². The molecule has 16 heteroatoms. The Morgan fingerprint density at radius 2 is 1.35 bits per heavy atom. The van der Waals surface area contributed by atoms with E-state index in [1.54, 1.807) is 13.8 Å². The Morgan fingerprint density at radius 3 is 1.84 bits per heavy atom. The summed E-state index contributed by atoms with van der Waals surface area (Å²) >= 11 is 0. The van der Waals surface area contributed by atoms with Gasteiger partial charge < -0.3 is 49.1 Å². The maximum Gasteiger partial charge on any atom is 0.326 e. The summed E-state index contributed by atoms with van der Waals surface area (Å²) < 4.78 is 0. The van der Waals surface area contributed by atoms with Gasteiger partial charge >= 0.3 is 11.9 Å². The normalized spacial score (nSPS) is 13.9. The van der Waals surface area contributed by atoms with E-state index < -0.39 is 72.6 Å². The molecule has 0 aliphatic carbocycles. The number of nitrogens with one attached hydrogen (secondary N) is 3. The second-order valence-electron chi connectivity index (χ2n) is 8.81. The van der Waals surface area contributed by atoms with Crippen LogP contribution in [0, 0.1) is 5.92 Å². The molecule has 0 aliphatic rings. The van der Waals surface area contributed by atoms with E-state index in [1.807, 2.05) is 0 Å². The summed E-state index contributed by atoms with van der Waals surface area (Å²) in [4.78, 5) is 75.5. The molecule has 0 heterocycles. The van der Waals surface area contributed by atoms with Gasteiger partial charge in [-0.15, -0.1) is 0 Å². The number of carbonyl (C=O) groups is 6. The van der Waals surface area contributed by atoms with Crippen molar-refractivity contribution in [2.75, 3.05) is 6.54 Å². The average molecular weight is 531 g/mol. The van der Waals surface area contributed by atoms with Crippen LogP contribution in [0.5, 0.6) is 0 Å². The van der Waals surface area contributed by atoms with Gasteiger partial charge in [0.1, 0.15) is 18.1 Å². The lowest BCUT2D eigenvalue weighted by molar-refractivity contribution is -0.142. The molecule has 4 amide bonds. The molecule has 0 saturated carbocycles. The van der Waals surface area contributed by atoms with Gasteiger partial charge in [-0.25, -0.2) is 4.79 Å². The summed E-state index contributed by atoms with van der Waals surface area (Å²) in [6, 6.07) is -5.26. The highest BCUT2D eigenvalue weighted by Crippen LogP contribution is 2.09. The van der Waals surface area contributed by atoms with Crippen molar-refractivity contribution in [2.45, 2.75) is 76.5 Å². The zero-order valence-corrected chi connectivity index (χ0v) is 20.9. The van der Waals surface area contributed by atoms with E-state index in [4.69, 9.17) is 28.0 Å². The minimum Gasteiger partial charge on any atom is -0.481 e. The Kier molecular flexibility index (Phi) is 14.9. The number of carbonyl (C=O) groups excluding carboxylic acids is 4. The molecule has 0 rings (SSSR count). The third kappa shape index (κ3) is 14.9. The van der Waals surface area contributed by atoms with E-state index in [1.165, 1.54) is 0 Å². The summed E-state index contributed by atoms with van der Waals surface area (Å²) in [7, 11) is 0. The van der Waals surface area contributed by atoms with Crippen LogP contribution in [0.3, 0.4) is 0 Å². The fourth-order valence-corrected chi connectivity index (χ4v) is 3.13. The van der Waals surface area contributed by atoms with Gasteiger partial charge in [-0.05, 0) is 31.6 Å². The van der Waals surface area contributed by atoms with Gasteiger partial charge in [-0.3, -0.25) is 29.0 Å². The molecule has 4 unspecified atom stereocenters. The number of aliphatic imine (C=N–C) groups is 1. The van der Waals surface area contributed by atoms with Crippen molar-refractivity contribution < 1.29 is 39.0 Å². The predicted octanol–water partition coefficient (Wildman–Crippen LogP) is -3.31. The molecule has 0 aromatic heterocycles. The third-order valence-electron chi connectivity index (χ3n) is 4.94. The second kappa shape index (κ2) is 16.7. The number of carboxylic acids is 2. The molecule has 0 radical (unpaired) electrons. The van der Waals surface area contributed by atoms with Crippen LogP contribution < -0.4 is 38.9 Å². The zero-order valence-electron chi connectivity index (χ0n) is 20.9. The maximum absolute atomic E-state index is 12.9. The fraction of sp³-hybridized carbons (Fsp3) is 0.667. The average Bonchev–Trinajstić information content (AvgIpc) is 2.76. The van der Waals surface area contributed by atoms with E-state index in [0.29, 0.717) is 0 Å². The Hall–Kier alpha value is -3.95. The summed E-state index contributed by atoms with van der Waals surface area (Å²) in [5.74, 6) is -6.26. The first-order chi connectivity index (χ1) is 17.1. The van der Waals surface area contributed by atoms with Crippen LogP contribution in [0.2, 0.25) is 0 Å². The number of amides is 4. The quantitative estimate of drug-likeness (QED) is 0.0480. The molecule has 16 nitrogen and oxygen atoms in total. The highest BCUT2D eigenvalue weighted by molar-refractivity contribution is 5.95. The number of hydrogen-bond donors (Lipinski definition) is 9. The molecule has 0 aliphatic heterocycles. The maximum atomic E-state index is 12.9. The van der Waals surface area contributed by atoms with Crippen LogP contribution in [-0.4, -0.2) is 82.5 Å². The van der Waals surface area contributed by atoms with E-state index in [0.717, 1.165) is 0 Å². The molecular weight excluding hydrogens is 492 g/mol. The van der Waals surface area contributed by atoms with Crippen LogP contribution in [0.1, 0.15) is 52.4 Å². The first-order valence-corrected chi connectivity index (χ1v) is 11.6. The molecule has 210 valence electrons. The molecule has 13 N–H and O–H groups in total. The number of carboxylic acid groups (broad SMARTS) is 2. The van der Waals surface area contributed by atoms with Crippen molar-refractivity contribution in [1.82, 2.24) is 16.0 Å². The van der Waals surface area contributed by atoms with Crippen LogP contribution in [0.15, 0.2) is 4.99 Å². The van der Waals surface area contributed by atoms with Crippen molar-refractivity contribution in [3.8, 4) is 0 Å². The summed E-state index contributed by atoms with van der Waals surface area (Å²) in [5.41, 5.74) is 21.1. The molecular formula is C21H38N8O8. The number of nitrogens with zero attached hydrogens (tertiary/aromatic N) is 1. The molecule has 0 saturated heterocycles. The van der Waals surface area contributed by atoms with Crippen LogP contribution >= 0.6 is 0 Å². The van der Waals surface area contributed by atoms with Crippen molar-refractivity contribution >= 4 is 41.5 Å². The standard InChI is InChI=1S/C21H38N8O8/c1-10(2)8-14(19(35)28-13(20(36)37)4-3-7-26-21(24)25)29-18(34)12(5-6-16(31)32)27-17(33)11(22)9-15(23)30/h10-14H,3-9,22H2,1-2H3,(H2,23,30)(H,27,33)(H,28,35)(H,29,34)(H,31,32)(H,36,37)(H4,24,25,26). The fourth-order valence-electron chi connectivity index (χ4n) is 3.13. The topological polar surface area (TPSA) is 295 Å². The number of nitrogens with two attached hydrogens (primary N) is 4. The Balaban J connectivity index is 5.55. The smallest absolute Gasteiger partial charge is 0.326 e. The predicted molar refractivity (Wildman–Crippen MR) is 131 cm³/mol. The number of guanidine groups is 1. The highest BCUT2D eigenvalue weighted by atomic mass is 16.4. The molecule has 0 aromatic rings. The number of hydrogen-bond acceptors (Lipinski definition) is 8. The van der Waals surface area contributed by atoms with Crippen LogP contribution in [-0.2, 0) is 28.8 Å². The minimum atomic E-state index is -1.40. The summed E-state index contributed by atoms with van der Waals surface area (Å²) in [6.07, 6.45) is -0.966. The van der Waals surface area contributed by atoms with Gasteiger partial charge in [0, 0.05) is 13.0 Å². The molecule has 0 fully saturated rings. The van der Waals surface area contributed by atoms with E-state index in [9.17, 15) is 33.9 Å². The molecule has 37 heavy (non-hydrogen) atoms. The molecule has 0 spiro atoms. The molecule has 4 atom stereocenters. The van der Waals surface area contributed by atoms with Crippen molar-refractivity contribution in [2.24, 2.45) is 33.8 Å². The lowest BCUT2D eigenvalue weighted by atomic mass is 10.0. The van der Waals surface area contributed by atoms with Crippen molar-refractivity contribution in [3.05, 3.63) is 0 Å². The van der Waals surface area contributed by atoms with Gasteiger partial charge in [0.15, 0.2) is 5.96 Å². The first kappa shape index (κ1) is 33.0. The largest absolute Gasteiger partial charge is 0.481 e. The number of primary amides is 1. The van der Waals surface area contributed by atoms with Crippen molar-refractivity contribution in [1.29, 1.82) is 0 Å². The van der Waals surface area contributed by atoms with Gasteiger partial charge in [0.25, 0.3) is 0 Å². The van der Waals surface area contributed by atoms with Gasteiger partial charge in [-0.2, -0.15) is 0 Å². The number of aliphatic carboxylic acids is 2. The Bertz CT molecular complexity index is 859. The van der Waals surface area contributed by atoms with Gasteiger partial charge in [-0.1, -0.05) is 13.8 Å². The first-order valence-electron chi connectivity index (χ1n) is 11.6. The van der Waals surface area contributed by atoms with Crippen LogP contribution in [0.25, 0.3) is 0 Å². The lowest BCUT2D eigenvalue weighted by Gasteiger charge is -2.26. The monoisotopic (exact) mass is 530 g/mol. The zero-order chi connectivity index (χ0) is 28.7. The minimum absolute atomic E-state index is 0.00917. The highest BCUT2D eigenvalue weighted by Gasteiger charge is 2.31. The van der Waals surface area contributed by atoms with Gasteiger partial charge in [0.05, 0.1) is 12.5 Å².